The molecule has 8 heteroatoms. The first-order valence-corrected chi connectivity index (χ1v) is 14.5. The van der Waals surface area contributed by atoms with Gasteiger partial charge in [0.25, 0.3) is 0 Å². The molecule has 3 aromatic rings. The predicted octanol–water partition coefficient (Wildman–Crippen LogP) is 4.16. The molecule has 1 saturated carbocycles. The van der Waals surface area contributed by atoms with Gasteiger partial charge in [0.2, 0.25) is 23.6 Å². The van der Waals surface area contributed by atoms with Gasteiger partial charge in [-0.25, -0.2) is 4.79 Å². The Hall–Kier alpha value is -4.85. The number of hydrogen-bond acceptors (Lipinski definition) is 6. The summed E-state index contributed by atoms with van der Waals surface area (Å²) in [4.78, 5) is 73.2. The highest BCUT2D eigenvalue weighted by molar-refractivity contribution is 6.13. The number of nitrogens with zero attached hydrogens (tertiary/aromatic N) is 2. The van der Waals surface area contributed by atoms with Gasteiger partial charge < -0.3 is 4.74 Å². The standard InChI is InChI=1S/C35H30N2O6/c1-20-24-25-28(32(40)36(30(25)38)18-21-12-6-3-7-13-21)35(2,27(20)34(42)43-23-16-10-5-11-17-23)29-26(24)31(39)37(33(29)41)19-22-14-8-4-9-15-22/h3-17,24-26,28-29H,18-19H2,1-2H3/t24?,25-,26-,28-,29-,35?/m1/s1. The van der Waals surface area contributed by atoms with E-state index in [0.717, 1.165) is 11.1 Å². The molecule has 2 saturated heterocycles. The van der Waals surface area contributed by atoms with Crippen LogP contribution in [0.5, 0.6) is 5.75 Å². The molecule has 0 aromatic heterocycles. The zero-order valence-corrected chi connectivity index (χ0v) is 23.8. The maximum absolute atomic E-state index is 14.3. The van der Waals surface area contributed by atoms with E-state index in [1.807, 2.05) is 60.7 Å². The topological polar surface area (TPSA) is 101 Å². The Kier molecular flexibility index (Phi) is 6.20. The SMILES string of the molecule is CC1=C(C(=O)Oc2ccccc2)C2(C)[C@H]3C(=O)N(Cc4ccccc4)C(=O)[C@@H]3C1[C@H]1C(=O)N(Cc3ccccc3)C(=O)[C@@H]12. The largest absolute Gasteiger partial charge is 0.423 e. The molecule has 3 fully saturated rings. The predicted molar refractivity (Wildman–Crippen MR) is 154 cm³/mol. The summed E-state index contributed by atoms with van der Waals surface area (Å²) in [5.74, 6) is -6.40. The summed E-state index contributed by atoms with van der Waals surface area (Å²) in [6, 6.07) is 27.0. The van der Waals surface area contributed by atoms with Crippen LogP contribution >= 0.6 is 0 Å². The van der Waals surface area contributed by atoms with Crippen molar-refractivity contribution in [3.63, 3.8) is 0 Å². The fraction of sp³-hybridized carbons (Fsp3) is 0.286. The molecule has 3 aromatic carbocycles. The third-order valence-electron chi connectivity index (χ3n) is 9.91. The lowest BCUT2D eigenvalue weighted by atomic mass is 9.43. The van der Waals surface area contributed by atoms with Crippen molar-refractivity contribution in [1.82, 2.24) is 9.80 Å². The normalized spacial score (nSPS) is 29.3. The van der Waals surface area contributed by atoms with Crippen LogP contribution in [0.15, 0.2) is 102 Å². The number of carbonyl (C=O) groups is 5. The van der Waals surface area contributed by atoms with Gasteiger partial charge in [-0.2, -0.15) is 0 Å². The monoisotopic (exact) mass is 574 g/mol. The number of imide groups is 2. The molecule has 43 heavy (non-hydrogen) atoms. The van der Waals surface area contributed by atoms with Gasteiger partial charge in [0.05, 0.1) is 36.8 Å². The Morgan fingerprint density at radius 1 is 0.651 bits per heavy atom. The van der Waals surface area contributed by atoms with Crippen LogP contribution in [0.25, 0.3) is 0 Å². The van der Waals surface area contributed by atoms with Gasteiger partial charge in [-0.1, -0.05) is 91.4 Å². The Bertz CT molecular complexity index is 1610. The number of benzene rings is 3. The van der Waals surface area contributed by atoms with Gasteiger partial charge in [-0.15, -0.1) is 0 Å². The van der Waals surface area contributed by atoms with Gasteiger partial charge in [-0.3, -0.25) is 29.0 Å². The van der Waals surface area contributed by atoms with Crippen LogP contribution in [0.4, 0.5) is 0 Å². The van der Waals surface area contributed by atoms with Gasteiger partial charge in [0, 0.05) is 16.9 Å². The van der Waals surface area contributed by atoms with Gasteiger partial charge >= 0.3 is 5.97 Å². The molecule has 8 nitrogen and oxygen atoms in total. The second-order valence-electron chi connectivity index (χ2n) is 12.1. The summed E-state index contributed by atoms with van der Waals surface area (Å²) in [6.45, 7) is 3.60. The number of esters is 1. The fourth-order valence-corrected chi connectivity index (χ4v) is 8.22. The van der Waals surface area contributed by atoms with Crippen molar-refractivity contribution in [2.75, 3.05) is 0 Å². The molecule has 2 aliphatic heterocycles. The number of allylic oxidation sites excluding steroid dienone is 1. The lowest BCUT2D eigenvalue weighted by Crippen LogP contribution is -2.61. The van der Waals surface area contributed by atoms with Crippen LogP contribution in [0, 0.1) is 35.0 Å². The summed E-state index contributed by atoms with van der Waals surface area (Å²) in [5, 5.41) is 0. The Morgan fingerprint density at radius 2 is 1.07 bits per heavy atom. The number of hydrogen-bond donors (Lipinski definition) is 0. The summed E-state index contributed by atoms with van der Waals surface area (Å²) >= 11 is 0. The lowest BCUT2D eigenvalue weighted by molar-refractivity contribution is -0.152. The third kappa shape index (κ3) is 3.85. The first-order chi connectivity index (χ1) is 20.7. The second kappa shape index (κ2) is 9.87. The fourth-order valence-electron chi connectivity index (χ4n) is 8.22. The minimum atomic E-state index is -1.43. The highest BCUT2D eigenvalue weighted by Gasteiger charge is 2.76. The lowest BCUT2D eigenvalue weighted by Gasteiger charge is -2.55. The number of rotatable bonds is 6. The average molecular weight is 575 g/mol. The van der Waals surface area contributed by atoms with Crippen LogP contribution < -0.4 is 4.74 Å². The Balaban J connectivity index is 1.34. The van der Waals surface area contributed by atoms with E-state index in [4.69, 9.17) is 4.74 Å². The smallest absolute Gasteiger partial charge is 0.339 e. The molecule has 5 aliphatic rings. The number of carbonyl (C=O) groups excluding carboxylic acids is 5. The first-order valence-electron chi connectivity index (χ1n) is 14.5. The van der Waals surface area contributed by atoms with E-state index in [2.05, 4.69) is 0 Å². The quantitative estimate of drug-likeness (QED) is 0.249. The summed E-state index contributed by atoms with van der Waals surface area (Å²) < 4.78 is 5.79. The van der Waals surface area contributed by atoms with Crippen molar-refractivity contribution in [1.29, 1.82) is 0 Å². The maximum Gasteiger partial charge on any atom is 0.339 e. The van der Waals surface area contributed by atoms with Crippen LogP contribution in [0.2, 0.25) is 0 Å². The minimum absolute atomic E-state index is 0.0779. The molecule has 4 atom stereocenters. The summed E-state index contributed by atoms with van der Waals surface area (Å²) in [7, 11) is 0. The van der Waals surface area contributed by atoms with E-state index in [9.17, 15) is 24.0 Å². The third-order valence-corrected chi connectivity index (χ3v) is 9.91. The van der Waals surface area contributed by atoms with Crippen molar-refractivity contribution < 1.29 is 28.7 Å². The van der Waals surface area contributed by atoms with Gasteiger partial charge in [0.1, 0.15) is 5.75 Å². The number of likely N-dealkylation sites (tertiary alicyclic amines) is 2. The van der Waals surface area contributed by atoms with Gasteiger partial charge in [-0.05, 0) is 30.2 Å². The van der Waals surface area contributed by atoms with Crippen molar-refractivity contribution in [2.24, 2.45) is 35.0 Å². The first kappa shape index (κ1) is 27.0. The highest BCUT2D eigenvalue weighted by Crippen LogP contribution is 2.68. The molecule has 0 N–H and O–H groups in total. The molecule has 0 unspecified atom stereocenters. The van der Waals surface area contributed by atoms with E-state index in [-0.39, 0.29) is 30.5 Å². The average Bonchev–Trinajstić information content (AvgIpc) is 3.41. The molecule has 8 rings (SSSR count). The van der Waals surface area contributed by atoms with Crippen molar-refractivity contribution in [3.8, 4) is 5.75 Å². The van der Waals surface area contributed by atoms with Crippen LogP contribution in [0.1, 0.15) is 25.0 Å². The van der Waals surface area contributed by atoms with E-state index in [1.54, 1.807) is 44.2 Å². The molecule has 2 bridgehead atoms. The van der Waals surface area contributed by atoms with E-state index < -0.39 is 52.8 Å². The molecular weight excluding hydrogens is 544 g/mol. The zero-order valence-electron chi connectivity index (χ0n) is 23.8. The molecule has 4 amide bonds. The highest BCUT2D eigenvalue weighted by atomic mass is 16.5. The van der Waals surface area contributed by atoms with E-state index >= 15 is 0 Å². The van der Waals surface area contributed by atoms with Crippen molar-refractivity contribution in [2.45, 2.75) is 26.9 Å². The maximum atomic E-state index is 14.3. The van der Waals surface area contributed by atoms with Crippen LogP contribution in [-0.4, -0.2) is 39.4 Å². The molecule has 0 radical (unpaired) electrons. The Morgan fingerprint density at radius 3 is 1.51 bits per heavy atom. The molecule has 3 aliphatic carbocycles. The molecule has 216 valence electrons. The number of amides is 4. The van der Waals surface area contributed by atoms with E-state index in [0.29, 0.717) is 11.3 Å². The second-order valence-corrected chi connectivity index (χ2v) is 12.1. The number of ether oxygens (including phenoxy) is 1. The van der Waals surface area contributed by atoms with E-state index in [1.165, 1.54) is 9.80 Å². The van der Waals surface area contributed by atoms with Crippen LogP contribution in [-0.2, 0) is 37.1 Å². The summed E-state index contributed by atoms with van der Waals surface area (Å²) in [6.07, 6.45) is 0. The molecular formula is C35H30N2O6. The summed E-state index contributed by atoms with van der Waals surface area (Å²) in [5.41, 5.74) is 0.895. The molecule has 0 spiro atoms. The zero-order chi connectivity index (χ0) is 30.0. The Labute approximate surface area is 248 Å². The van der Waals surface area contributed by atoms with Crippen molar-refractivity contribution in [3.05, 3.63) is 113 Å². The van der Waals surface area contributed by atoms with Gasteiger partial charge in [0.15, 0.2) is 0 Å². The molecule has 2 heterocycles. The minimum Gasteiger partial charge on any atom is -0.423 e. The van der Waals surface area contributed by atoms with Crippen LogP contribution in [0.3, 0.4) is 0 Å². The van der Waals surface area contributed by atoms with Crippen molar-refractivity contribution >= 4 is 29.6 Å². The number of para-hydroxylation sites is 1.